The van der Waals surface area contributed by atoms with Crippen LogP contribution in [0.15, 0.2) is 65.3 Å². The first kappa shape index (κ1) is 23.1. The standard InChI is InChI=1S/C23H22BrN3O5/c1-3-10-27-22(29)18(26-23(27)30)11-15-12-19(31-4-2)20(13-17(15)24)32-14-21(28)25-16-8-6-5-7-9-16/h3,5-9,11-13H,1,4,10,14H2,2H3,(H,25,28)(H,26,30)/b18-11+. The minimum absolute atomic E-state index is 0.116. The van der Waals surface area contributed by atoms with Crippen LogP contribution in [0, 0.1) is 0 Å². The maximum absolute atomic E-state index is 12.4. The predicted octanol–water partition coefficient (Wildman–Crippen LogP) is 3.94. The fraction of sp³-hybridized carbons (Fsp3) is 0.174. The number of halogens is 1. The molecule has 0 aliphatic carbocycles. The molecule has 0 saturated carbocycles. The van der Waals surface area contributed by atoms with Crippen LogP contribution in [0.2, 0.25) is 0 Å². The predicted molar refractivity (Wildman–Crippen MR) is 124 cm³/mol. The summed E-state index contributed by atoms with van der Waals surface area (Å²) in [5.41, 5.74) is 1.40. The number of nitrogens with one attached hydrogen (secondary N) is 2. The molecule has 0 radical (unpaired) electrons. The molecule has 1 saturated heterocycles. The highest BCUT2D eigenvalue weighted by molar-refractivity contribution is 9.10. The molecule has 3 rings (SSSR count). The Morgan fingerprint density at radius 2 is 1.91 bits per heavy atom. The molecule has 1 aliphatic rings. The lowest BCUT2D eigenvalue weighted by Crippen LogP contribution is -2.30. The Morgan fingerprint density at radius 1 is 1.19 bits per heavy atom. The SMILES string of the molecule is C=CCN1C(=O)N/C(=C/c2cc(OCC)c(OCC(=O)Nc3ccccc3)cc2Br)C1=O. The first-order valence-corrected chi connectivity index (χ1v) is 10.6. The number of amides is 4. The number of nitrogens with zero attached hydrogens (tertiary/aromatic N) is 1. The van der Waals surface area contributed by atoms with Crippen molar-refractivity contribution >= 4 is 45.5 Å². The summed E-state index contributed by atoms with van der Waals surface area (Å²) in [5, 5.41) is 5.29. The smallest absolute Gasteiger partial charge is 0.329 e. The number of hydrogen-bond donors (Lipinski definition) is 2. The largest absolute Gasteiger partial charge is 0.490 e. The van der Waals surface area contributed by atoms with Gasteiger partial charge >= 0.3 is 6.03 Å². The quantitative estimate of drug-likeness (QED) is 0.309. The van der Waals surface area contributed by atoms with Crippen LogP contribution >= 0.6 is 15.9 Å². The van der Waals surface area contributed by atoms with E-state index >= 15 is 0 Å². The summed E-state index contributed by atoms with van der Waals surface area (Å²) in [7, 11) is 0. The molecule has 0 bridgehead atoms. The number of carbonyl (C=O) groups excluding carboxylic acids is 3. The van der Waals surface area contributed by atoms with E-state index in [4.69, 9.17) is 9.47 Å². The van der Waals surface area contributed by atoms with Gasteiger partial charge in [0, 0.05) is 16.7 Å². The summed E-state index contributed by atoms with van der Waals surface area (Å²) in [5.74, 6) is -0.00542. The minimum Gasteiger partial charge on any atom is -0.490 e. The van der Waals surface area contributed by atoms with Gasteiger partial charge < -0.3 is 20.1 Å². The van der Waals surface area contributed by atoms with Gasteiger partial charge in [-0.05, 0) is 42.8 Å². The molecule has 0 unspecified atom stereocenters. The maximum Gasteiger partial charge on any atom is 0.329 e. The van der Waals surface area contributed by atoms with Crippen LogP contribution in [0.1, 0.15) is 12.5 Å². The Labute approximate surface area is 194 Å². The first-order chi connectivity index (χ1) is 15.4. The fourth-order valence-electron chi connectivity index (χ4n) is 2.93. The fourth-order valence-corrected chi connectivity index (χ4v) is 3.36. The third-order valence-electron chi connectivity index (χ3n) is 4.35. The molecule has 32 heavy (non-hydrogen) atoms. The van der Waals surface area contributed by atoms with Crippen LogP contribution < -0.4 is 20.1 Å². The van der Waals surface area contributed by atoms with Crippen LogP contribution in [-0.2, 0) is 9.59 Å². The van der Waals surface area contributed by atoms with Crippen molar-refractivity contribution in [3.63, 3.8) is 0 Å². The number of carbonyl (C=O) groups is 3. The van der Waals surface area contributed by atoms with Crippen molar-refractivity contribution in [1.82, 2.24) is 10.2 Å². The van der Waals surface area contributed by atoms with E-state index in [0.29, 0.717) is 33.8 Å². The topological polar surface area (TPSA) is 97.0 Å². The second-order valence-corrected chi connectivity index (χ2v) is 7.50. The van der Waals surface area contributed by atoms with Gasteiger partial charge in [-0.2, -0.15) is 0 Å². The highest BCUT2D eigenvalue weighted by Crippen LogP contribution is 2.35. The average Bonchev–Trinajstić information content (AvgIpc) is 3.03. The van der Waals surface area contributed by atoms with E-state index in [9.17, 15) is 14.4 Å². The highest BCUT2D eigenvalue weighted by atomic mass is 79.9. The molecule has 8 nitrogen and oxygen atoms in total. The van der Waals surface area contributed by atoms with Crippen molar-refractivity contribution in [2.45, 2.75) is 6.92 Å². The third-order valence-corrected chi connectivity index (χ3v) is 5.04. The Bertz CT molecular complexity index is 1070. The highest BCUT2D eigenvalue weighted by Gasteiger charge is 2.32. The van der Waals surface area contributed by atoms with E-state index in [0.717, 1.165) is 4.90 Å². The molecule has 4 amide bonds. The molecule has 1 aliphatic heterocycles. The maximum atomic E-state index is 12.4. The minimum atomic E-state index is -0.508. The third kappa shape index (κ3) is 5.55. The molecule has 9 heteroatoms. The monoisotopic (exact) mass is 499 g/mol. The van der Waals surface area contributed by atoms with Crippen molar-refractivity contribution in [3.05, 3.63) is 70.9 Å². The van der Waals surface area contributed by atoms with E-state index in [2.05, 4.69) is 33.1 Å². The number of rotatable bonds is 9. The van der Waals surface area contributed by atoms with Crippen LogP contribution in [0.3, 0.4) is 0 Å². The lowest BCUT2D eigenvalue weighted by molar-refractivity contribution is -0.122. The number of ether oxygens (including phenoxy) is 2. The van der Waals surface area contributed by atoms with Gasteiger partial charge in [-0.3, -0.25) is 14.5 Å². The second-order valence-electron chi connectivity index (χ2n) is 6.65. The van der Waals surface area contributed by atoms with E-state index < -0.39 is 11.9 Å². The van der Waals surface area contributed by atoms with Crippen molar-refractivity contribution in [3.8, 4) is 11.5 Å². The van der Waals surface area contributed by atoms with E-state index in [1.54, 1.807) is 30.3 Å². The van der Waals surface area contributed by atoms with Gasteiger partial charge in [-0.25, -0.2) is 4.79 Å². The van der Waals surface area contributed by atoms with Crippen LogP contribution in [0.25, 0.3) is 6.08 Å². The molecule has 0 atom stereocenters. The summed E-state index contributed by atoms with van der Waals surface area (Å²) in [6, 6.07) is 11.9. The van der Waals surface area contributed by atoms with Gasteiger partial charge in [0.25, 0.3) is 11.8 Å². The number of anilines is 1. The molecule has 0 spiro atoms. The zero-order valence-electron chi connectivity index (χ0n) is 17.4. The van der Waals surface area contributed by atoms with E-state index in [1.807, 2.05) is 25.1 Å². The van der Waals surface area contributed by atoms with Gasteiger partial charge in [0.15, 0.2) is 18.1 Å². The molecule has 1 fully saturated rings. The normalized spacial score (nSPS) is 14.3. The Hall–Kier alpha value is -3.59. The zero-order valence-corrected chi connectivity index (χ0v) is 19.0. The van der Waals surface area contributed by atoms with Crippen LogP contribution in [0.5, 0.6) is 11.5 Å². The van der Waals surface area contributed by atoms with E-state index in [1.165, 1.54) is 6.08 Å². The number of para-hydroxylation sites is 1. The summed E-state index contributed by atoms with van der Waals surface area (Å²) >= 11 is 3.45. The number of urea groups is 1. The molecule has 1 heterocycles. The molecule has 2 N–H and O–H groups in total. The van der Waals surface area contributed by atoms with Crippen LogP contribution in [-0.4, -0.2) is 42.5 Å². The van der Waals surface area contributed by atoms with Gasteiger partial charge in [-0.15, -0.1) is 6.58 Å². The lowest BCUT2D eigenvalue weighted by Gasteiger charge is -2.14. The number of hydrogen-bond acceptors (Lipinski definition) is 5. The first-order valence-electron chi connectivity index (χ1n) is 9.82. The molecule has 2 aromatic carbocycles. The van der Waals surface area contributed by atoms with Gasteiger partial charge in [0.2, 0.25) is 0 Å². The van der Waals surface area contributed by atoms with Crippen molar-refractivity contribution in [2.75, 3.05) is 25.1 Å². The summed E-state index contributed by atoms with van der Waals surface area (Å²) in [6.45, 7) is 5.64. The lowest BCUT2D eigenvalue weighted by atomic mass is 10.1. The Balaban J connectivity index is 1.77. The van der Waals surface area contributed by atoms with Crippen molar-refractivity contribution in [1.29, 1.82) is 0 Å². The molecular formula is C23H22BrN3O5. The number of imide groups is 1. The van der Waals surface area contributed by atoms with Gasteiger partial charge in [0.1, 0.15) is 5.70 Å². The summed E-state index contributed by atoms with van der Waals surface area (Å²) < 4.78 is 11.9. The number of benzene rings is 2. The molecular weight excluding hydrogens is 478 g/mol. The second kappa shape index (κ2) is 10.6. The molecule has 166 valence electrons. The summed E-state index contributed by atoms with van der Waals surface area (Å²) in [4.78, 5) is 37.7. The summed E-state index contributed by atoms with van der Waals surface area (Å²) in [6.07, 6.45) is 3.02. The van der Waals surface area contributed by atoms with Gasteiger partial charge in [-0.1, -0.05) is 40.2 Å². The Morgan fingerprint density at radius 3 is 2.59 bits per heavy atom. The van der Waals surface area contributed by atoms with Crippen molar-refractivity contribution in [2.24, 2.45) is 0 Å². The van der Waals surface area contributed by atoms with E-state index in [-0.39, 0.29) is 24.8 Å². The average molecular weight is 500 g/mol. The van der Waals surface area contributed by atoms with Gasteiger partial charge in [0.05, 0.1) is 6.61 Å². The molecule has 0 aromatic heterocycles. The Kier molecular flexibility index (Phi) is 7.67. The molecule has 2 aromatic rings. The van der Waals surface area contributed by atoms with Crippen molar-refractivity contribution < 1.29 is 23.9 Å². The zero-order chi connectivity index (χ0) is 23.1. The van der Waals surface area contributed by atoms with Crippen LogP contribution in [0.4, 0.5) is 10.5 Å².